The SMILES string of the molecule is Cc1ccc(S(=O)(=O)n2cccc2SCc2ccc(Br)cc2)cc1. The summed E-state index contributed by atoms with van der Waals surface area (Å²) in [5.74, 6) is 0.709. The Labute approximate surface area is 154 Å². The smallest absolute Gasteiger partial charge is 0.236 e. The lowest BCUT2D eigenvalue weighted by atomic mass is 10.2. The maximum Gasteiger partial charge on any atom is 0.268 e. The van der Waals surface area contributed by atoms with Crippen LogP contribution in [0.4, 0.5) is 0 Å². The van der Waals surface area contributed by atoms with Gasteiger partial charge in [-0.25, -0.2) is 12.4 Å². The second-order valence-electron chi connectivity index (χ2n) is 5.38. The number of rotatable bonds is 5. The molecule has 0 fully saturated rings. The molecule has 0 N–H and O–H groups in total. The van der Waals surface area contributed by atoms with E-state index in [0.717, 1.165) is 15.6 Å². The van der Waals surface area contributed by atoms with Crippen molar-refractivity contribution in [2.45, 2.75) is 22.6 Å². The third-order valence-corrected chi connectivity index (χ3v) is 7.01. The average Bonchev–Trinajstić information content (AvgIpc) is 3.04. The Balaban J connectivity index is 1.84. The second kappa shape index (κ2) is 7.17. The fourth-order valence-corrected chi connectivity index (χ4v) is 5.04. The number of halogens is 1. The lowest BCUT2D eigenvalue weighted by Crippen LogP contribution is -2.12. The Hall–Kier alpha value is -1.50. The van der Waals surface area contributed by atoms with Crippen molar-refractivity contribution in [2.24, 2.45) is 0 Å². The summed E-state index contributed by atoms with van der Waals surface area (Å²) in [4.78, 5) is 0.301. The Morgan fingerprint density at radius 2 is 1.67 bits per heavy atom. The summed E-state index contributed by atoms with van der Waals surface area (Å²) in [6, 6.07) is 18.5. The Bertz CT molecular complexity index is 930. The summed E-state index contributed by atoms with van der Waals surface area (Å²) in [6.07, 6.45) is 1.60. The molecule has 0 aliphatic heterocycles. The zero-order valence-corrected chi connectivity index (χ0v) is 16.2. The molecule has 0 unspecified atom stereocenters. The van der Waals surface area contributed by atoms with E-state index in [1.165, 1.54) is 15.7 Å². The molecule has 0 saturated heterocycles. The molecule has 0 amide bonds. The van der Waals surface area contributed by atoms with Gasteiger partial charge in [0.15, 0.2) is 0 Å². The quantitative estimate of drug-likeness (QED) is 0.538. The molecule has 1 aromatic heterocycles. The first-order valence-corrected chi connectivity index (χ1v) is 10.6. The van der Waals surface area contributed by atoms with Crippen molar-refractivity contribution >= 4 is 37.7 Å². The van der Waals surface area contributed by atoms with E-state index in [0.29, 0.717) is 15.7 Å². The third kappa shape index (κ3) is 3.77. The van der Waals surface area contributed by atoms with Gasteiger partial charge >= 0.3 is 0 Å². The summed E-state index contributed by atoms with van der Waals surface area (Å²) >= 11 is 4.92. The first kappa shape index (κ1) is 17.3. The van der Waals surface area contributed by atoms with Crippen molar-refractivity contribution in [3.8, 4) is 0 Å². The molecular weight excluding hydrogens is 406 g/mol. The highest BCUT2D eigenvalue weighted by Crippen LogP contribution is 2.27. The van der Waals surface area contributed by atoms with Gasteiger partial charge in [-0.05, 0) is 48.9 Å². The molecule has 0 bridgehead atoms. The van der Waals surface area contributed by atoms with Crippen LogP contribution in [-0.4, -0.2) is 12.4 Å². The van der Waals surface area contributed by atoms with Crippen LogP contribution < -0.4 is 0 Å². The number of benzene rings is 2. The molecule has 1 heterocycles. The molecule has 0 spiro atoms. The van der Waals surface area contributed by atoms with Gasteiger partial charge in [-0.3, -0.25) is 0 Å². The number of aromatic nitrogens is 1. The Morgan fingerprint density at radius 3 is 2.33 bits per heavy atom. The molecule has 3 aromatic rings. The lowest BCUT2D eigenvalue weighted by molar-refractivity contribution is 0.583. The Morgan fingerprint density at radius 1 is 1.00 bits per heavy atom. The van der Waals surface area contributed by atoms with Crippen molar-refractivity contribution in [3.63, 3.8) is 0 Å². The van der Waals surface area contributed by atoms with Gasteiger partial charge in [-0.2, -0.15) is 0 Å². The van der Waals surface area contributed by atoms with E-state index in [1.807, 2.05) is 49.4 Å². The highest BCUT2D eigenvalue weighted by atomic mass is 79.9. The predicted octanol–water partition coefficient (Wildman–Crippen LogP) is 5.09. The maximum absolute atomic E-state index is 12.8. The zero-order chi connectivity index (χ0) is 17.2. The monoisotopic (exact) mass is 421 g/mol. The second-order valence-corrected chi connectivity index (χ2v) is 9.10. The van der Waals surface area contributed by atoms with E-state index in [1.54, 1.807) is 24.4 Å². The van der Waals surface area contributed by atoms with E-state index in [-0.39, 0.29) is 0 Å². The molecular formula is C18H16BrNO2S2. The van der Waals surface area contributed by atoms with Crippen molar-refractivity contribution in [1.29, 1.82) is 0 Å². The summed E-state index contributed by atoms with van der Waals surface area (Å²) in [5.41, 5.74) is 2.18. The summed E-state index contributed by atoms with van der Waals surface area (Å²) < 4.78 is 28.0. The van der Waals surface area contributed by atoms with Gasteiger partial charge in [0.25, 0.3) is 10.0 Å². The van der Waals surface area contributed by atoms with Crippen molar-refractivity contribution < 1.29 is 8.42 Å². The van der Waals surface area contributed by atoms with Gasteiger partial charge in [0.2, 0.25) is 0 Å². The first-order chi connectivity index (χ1) is 11.5. The number of hydrogen-bond acceptors (Lipinski definition) is 3. The number of aryl methyl sites for hydroxylation is 1. The first-order valence-electron chi connectivity index (χ1n) is 7.34. The standard InChI is InChI=1S/C18H16BrNO2S2/c1-14-4-10-17(11-5-14)24(21,22)20-12-2-3-18(20)23-13-15-6-8-16(19)9-7-15/h2-12H,13H2,1H3. The van der Waals surface area contributed by atoms with E-state index in [4.69, 9.17) is 0 Å². The van der Waals surface area contributed by atoms with Gasteiger partial charge in [-0.15, -0.1) is 11.8 Å². The van der Waals surface area contributed by atoms with Crippen molar-refractivity contribution in [1.82, 2.24) is 3.97 Å². The maximum atomic E-state index is 12.8. The average molecular weight is 422 g/mol. The highest BCUT2D eigenvalue weighted by Gasteiger charge is 2.19. The largest absolute Gasteiger partial charge is 0.268 e. The minimum absolute atomic E-state index is 0.301. The van der Waals surface area contributed by atoms with Crippen LogP contribution in [0, 0.1) is 6.92 Å². The van der Waals surface area contributed by atoms with E-state index < -0.39 is 10.0 Å². The molecule has 3 rings (SSSR count). The van der Waals surface area contributed by atoms with Crippen LogP contribution in [0.5, 0.6) is 0 Å². The van der Waals surface area contributed by atoms with E-state index in [2.05, 4.69) is 15.9 Å². The predicted molar refractivity (Wildman–Crippen MR) is 102 cm³/mol. The van der Waals surface area contributed by atoms with Crippen LogP contribution >= 0.6 is 27.7 Å². The van der Waals surface area contributed by atoms with Crippen molar-refractivity contribution in [3.05, 3.63) is 82.5 Å². The van der Waals surface area contributed by atoms with Gasteiger partial charge in [0, 0.05) is 16.4 Å². The third-order valence-electron chi connectivity index (χ3n) is 3.56. The van der Waals surface area contributed by atoms with E-state index in [9.17, 15) is 8.42 Å². The normalized spacial score (nSPS) is 11.6. The molecule has 0 radical (unpaired) electrons. The minimum atomic E-state index is -3.57. The lowest BCUT2D eigenvalue weighted by Gasteiger charge is -2.10. The Kier molecular flexibility index (Phi) is 5.18. The number of nitrogens with zero attached hydrogens (tertiary/aromatic N) is 1. The zero-order valence-electron chi connectivity index (χ0n) is 13.0. The molecule has 0 aliphatic rings. The highest BCUT2D eigenvalue weighted by molar-refractivity contribution is 9.10. The van der Waals surface area contributed by atoms with Gasteiger partial charge in [-0.1, -0.05) is 45.8 Å². The van der Waals surface area contributed by atoms with Gasteiger partial charge < -0.3 is 0 Å². The van der Waals surface area contributed by atoms with Crippen LogP contribution in [-0.2, 0) is 15.8 Å². The van der Waals surface area contributed by atoms with Crippen LogP contribution in [0.3, 0.4) is 0 Å². The molecule has 0 atom stereocenters. The fourth-order valence-electron chi connectivity index (χ4n) is 2.22. The molecule has 0 saturated carbocycles. The van der Waals surface area contributed by atoms with Crippen LogP contribution in [0.2, 0.25) is 0 Å². The minimum Gasteiger partial charge on any atom is -0.236 e. The molecule has 0 aliphatic carbocycles. The number of thioether (sulfide) groups is 1. The van der Waals surface area contributed by atoms with E-state index >= 15 is 0 Å². The van der Waals surface area contributed by atoms with Crippen LogP contribution in [0.25, 0.3) is 0 Å². The van der Waals surface area contributed by atoms with Gasteiger partial charge in [0.1, 0.15) is 0 Å². The molecule has 24 heavy (non-hydrogen) atoms. The molecule has 2 aromatic carbocycles. The van der Waals surface area contributed by atoms with Crippen LogP contribution in [0.15, 0.2) is 81.3 Å². The number of hydrogen-bond donors (Lipinski definition) is 0. The topological polar surface area (TPSA) is 39.1 Å². The summed E-state index contributed by atoms with van der Waals surface area (Å²) in [5, 5.41) is 0.707. The molecule has 124 valence electrons. The van der Waals surface area contributed by atoms with Gasteiger partial charge in [0.05, 0.1) is 9.92 Å². The molecule has 3 nitrogen and oxygen atoms in total. The fraction of sp³-hybridized carbons (Fsp3) is 0.111. The summed E-state index contributed by atoms with van der Waals surface area (Å²) in [6.45, 7) is 1.94. The molecule has 6 heteroatoms. The van der Waals surface area contributed by atoms with Crippen LogP contribution in [0.1, 0.15) is 11.1 Å². The van der Waals surface area contributed by atoms with Crippen molar-refractivity contribution in [2.75, 3.05) is 0 Å². The summed E-state index contributed by atoms with van der Waals surface area (Å²) in [7, 11) is -3.57.